The molecule has 0 N–H and O–H groups in total. The van der Waals surface area contributed by atoms with Crippen molar-refractivity contribution in [2.75, 3.05) is 7.11 Å². The molecule has 20 heavy (non-hydrogen) atoms. The highest BCUT2D eigenvalue weighted by Gasteiger charge is 2.52. The molecule has 110 valence electrons. The predicted octanol–water partition coefficient (Wildman–Crippen LogP) is 5.10. The van der Waals surface area contributed by atoms with E-state index in [2.05, 4.69) is 54.9 Å². The van der Waals surface area contributed by atoms with E-state index in [4.69, 9.17) is 4.74 Å². The summed E-state index contributed by atoms with van der Waals surface area (Å²) in [5.74, 6) is 1.75. The molecule has 0 saturated heterocycles. The van der Waals surface area contributed by atoms with E-state index in [1.165, 1.54) is 31.2 Å². The first-order valence-electron chi connectivity index (χ1n) is 7.71. The average Bonchev–Trinajstić information content (AvgIpc) is 2.43. The quantitative estimate of drug-likeness (QED) is 0.648. The van der Waals surface area contributed by atoms with Crippen molar-refractivity contribution >= 4 is 15.9 Å². The highest BCUT2D eigenvalue weighted by molar-refractivity contribution is 9.09. The molecule has 0 radical (unpaired) electrons. The topological polar surface area (TPSA) is 9.23 Å². The van der Waals surface area contributed by atoms with Crippen molar-refractivity contribution < 1.29 is 4.74 Å². The third-order valence-corrected chi connectivity index (χ3v) is 7.66. The lowest BCUT2D eigenvalue weighted by atomic mass is 9.50. The summed E-state index contributed by atoms with van der Waals surface area (Å²) in [6, 6.07) is 6.69. The molecule has 1 aromatic carbocycles. The maximum absolute atomic E-state index is 5.47. The number of alkyl halides is 1. The van der Waals surface area contributed by atoms with Crippen LogP contribution in [0, 0.1) is 11.3 Å². The molecule has 0 spiro atoms. The van der Waals surface area contributed by atoms with Gasteiger partial charge in [0.1, 0.15) is 5.75 Å². The van der Waals surface area contributed by atoms with Gasteiger partial charge in [0, 0.05) is 4.83 Å². The summed E-state index contributed by atoms with van der Waals surface area (Å²) in [4.78, 5) is 0.639. The summed E-state index contributed by atoms with van der Waals surface area (Å²) >= 11 is 3.94. The SMILES string of the molecule is COc1ccc2c(c1)[C@]1(C)CC[C@@H](Br)C(C)(C)[C@H]1CC2. The summed E-state index contributed by atoms with van der Waals surface area (Å²) in [6.45, 7) is 7.37. The highest BCUT2D eigenvalue weighted by Crippen LogP contribution is 2.58. The molecule has 1 saturated carbocycles. The van der Waals surface area contributed by atoms with E-state index in [0.29, 0.717) is 15.7 Å². The van der Waals surface area contributed by atoms with Gasteiger partial charge in [0.05, 0.1) is 7.11 Å². The summed E-state index contributed by atoms with van der Waals surface area (Å²) < 4.78 is 5.47. The Morgan fingerprint density at radius 2 is 1.95 bits per heavy atom. The van der Waals surface area contributed by atoms with Gasteiger partial charge in [-0.2, -0.15) is 0 Å². The Labute approximate surface area is 131 Å². The Balaban J connectivity index is 2.10. The van der Waals surface area contributed by atoms with Crippen molar-refractivity contribution in [2.24, 2.45) is 11.3 Å². The maximum Gasteiger partial charge on any atom is 0.119 e. The fourth-order valence-corrected chi connectivity index (χ4v) is 5.31. The van der Waals surface area contributed by atoms with Crippen LogP contribution < -0.4 is 4.74 Å². The van der Waals surface area contributed by atoms with Gasteiger partial charge in [-0.15, -0.1) is 0 Å². The van der Waals surface area contributed by atoms with Crippen LogP contribution in [-0.4, -0.2) is 11.9 Å². The number of halogens is 1. The second-order valence-electron chi connectivity index (χ2n) is 7.36. The minimum absolute atomic E-state index is 0.301. The molecule has 0 unspecified atom stereocenters. The van der Waals surface area contributed by atoms with Crippen molar-refractivity contribution in [1.29, 1.82) is 0 Å². The molecule has 1 fully saturated rings. The van der Waals surface area contributed by atoms with Crippen LogP contribution in [0.25, 0.3) is 0 Å². The Hall–Kier alpha value is -0.500. The molecule has 2 heteroatoms. The number of ether oxygens (including phenoxy) is 1. The summed E-state index contributed by atoms with van der Waals surface area (Å²) in [7, 11) is 1.77. The number of methoxy groups -OCH3 is 1. The molecule has 0 aliphatic heterocycles. The smallest absolute Gasteiger partial charge is 0.119 e. The van der Waals surface area contributed by atoms with Crippen LogP contribution in [0.1, 0.15) is 51.2 Å². The number of benzene rings is 1. The summed E-state index contributed by atoms with van der Waals surface area (Å²) in [5.41, 5.74) is 3.73. The molecule has 0 aromatic heterocycles. The molecule has 2 aliphatic rings. The average molecular weight is 337 g/mol. The lowest BCUT2D eigenvalue weighted by Crippen LogP contribution is -2.52. The zero-order valence-corrected chi connectivity index (χ0v) is 14.6. The molecule has 0 heterocycles. The van der Waals surface area contributed by atoms with Crippen molar-refractivity contribution in [3.8, 4) is 5.75 Å². The first-order valence-corrected chi connectivity index (χ1v) is 8.62. The fraction of sp³-hybridized carbons (Fsp3) is 0.667. The van der Waals surface area contributed by atoms with Crippen LogP contribution in [-0.2, 0) is 11.8 Å². The number of fused-ring (bicyclic) bond motifs is 3. The van der Waals surface area contributed by atoms with Gasteiger partial charge in [-0.25, -0.2) is 0 Å². The van der Waals surface area contributed by atoms with Gasteiger partial charge in [0.15, 0.2) is 0 Å². The lowest BCUT2D eigenvalue weighted by molar-refractivity contribution is 0.0491. The van der Waals surface area contributed by atoms with Gasteiger partial charge in [-0.3, -0.25) is 0 Å². The zero-order chi connectivity index (χ0) is 14.5. The Bertz CT molecular complexity index is 522. The van der Waals surface area contributed by atoms with E-state index < -0.39 is 0 Å². The minimum Gasteiger partial charge on any atom is -0.497 e. The third kappa shape index (κ3) is 1.94. The Morgan fingerprint density at radius 3 is 2.65 bits per heavy atom. The van der Waals surface area contributed by atoms with E-state index in [-0.39, 0.29) is 0 Å². The van der Waals surface area contributed by atoms with E-state index in [9.17, 15) is 0 Å². The van der Waals surface area contributed by atoms with Crippen molar-refractivity contribution in [3.63, 3.8) is 0 Å². The second kappa shape index (κ2) is 4.76. The zero-order valence-electron chi connectivity index (χ0n) is 13.0. The molecule has 0 amide bonds. The predicted molar refractivity (Wildman–Crippen MR) is 87.9 cm³/mol. The maximum atomic E-state index is 5.47. The molecule has 3 rings (SSSR count). The van der Waals surface area contributed by atoms with Gasteiger partial charge >= 0.3 is 0 Å². The van der Waals surface area contributed by atoms with Crippen LogP contribution in [0.4, 0.5) is 0 Å². The number of hydrogen-bond acceptors (Lipinski definition) is 1. The molecule has 0 bridgehead atoms. The van der Waals surface area contributed by atoms with Gasteiger partial charge in [0.25, 0.3) is 0 Å². The monoisotopic (exact) mass is 336 g/mol. The van der Waals surface area contributed by atoms with Crippen LogP contribution in [0.5, 0.6) is 5.75 Å². The second-order valence-corrected chi connectivity index (χ2v) is 8.46. The Morgan fingerprint density at radius 1 is 1.20 bits per heavy atom. The van der Waals surface area contributed by atoms with Gasteiger partial charge in [0.2, 0.25) is 0 Å². The Kier molecular flexibility index (Phi) is 3.44. The molecular formula is C18H25BrO. The van der Waals surface area contributed by atoms with Crippen LogP contribution in [0.15, 0.2) is 18.2 Å². The fourth-order valence-electron chi connectivity index (χ4n) is 4.76. The van der Waals surface area contributed by atoms with Crippen molar-refractivity contribution in [2.45, 2.75) is 56.7 Å². The standard InChI is InChI=1S/C18H25BrO/c1-17(2)15-8-6-12-5-7-13(20-4)11-14(12)18(15,3)10-9-16(17)19/h5,7,11,15-16H,6,8-10H2,1-4H3/t15-,16-,18+/m1/s1. The molecule has 2 aliphatic carbocycles. The van der Waals surface area contributed by atoms with Gasteiger partial charge in [-0.1, -0.05) is 42.8 Å². The highest BCUT2D eigenvalue weighted by atomic mass is 79.9. The third-order valence-electron chi connectivity index (χ3n) is 6.03. The van der Waals surface area contributed by atoms with Crippen molar-refractivity contribution in [1.82, 2.24) is 0 Å². The first-order chi connectivity index (χ1) is 9.39. The van der Waals surface area contributed by atoms with E-state index in [1.807, 2.05) is 0 Å². The van der Waals surface area contributed by atoms with Crippen LogP contribution in [0.3, 0.4) is 0 Å². The van der Waals surface area contributed by atoms with Crippen LogP contribution >= 0.6 is 15.9 Å². The van der Waals surface area contributed by atoms with Gasteiger partial charge < -0.3 is 4.74 Å². The lowest BCUT2D eigenvalue weighted by Gasteiger charge is -2.56. The van der Waals surface area contributed by atoms with E-state index in [1.54, 1.807) is 12.7 Å². The number of hydrogen-bond donors (Lipinski definition) is 0. The van der Waals surface area contributed by atoms with E-state index in [0.717, 1.165) is 11.7 Å². The summed E-state index contributed by atoms with van der Waals surface area (Å²) in [6.07, 6.45) is 5.06. The molecule has 3 atom stereocenters. The first kappa shape index (κ1) is 14.4. The van der Waals surface area contributed by atoms with Gasteiger partial charge in [-0.05, 0) is 65.7 Å². The molecular weight excluding hydrogens is 312 g/mol. The van der Waals surface area contributed by atoms with E-state index >= 15 is 0 Å². The number of aryl methyl sites for hydroxylation is 1. The minimum atomic E-state index is 0.301. The molecule has 1 nitrogen and oxygen atoms in total. The summed E-state index contributed by atoms with van der Waals surface area (Å²) in [5, 5.41) is 0. The molecule has 1 aromatic rings. The van der Waals surface area contributed by atoms with Crippen molar-refractivity contribution in [3.05, 3.63) is 29.3 Å². The largest absolute Gasteiger partial charge is 0.497 e. The normalized spacial score (nSPS) is 35.0. The number of rotatable bonds is 1. The van der Waals surface area contributed by atoms with Crippen LogP contribution in [0.2, 0.25) is 0 Å².